The second-order valence-corrected chi connectivity index (χ2v) is 8.97. The van der Waals surface area contributed by atoms with E-state index in [0.717, 1.165) is 15.4 Å². The van der Waals surface area contributed by atoms with Crippen molar-refractivity contribution < 1.29 is 18.8 Å². The number of barbiturate groups is 1. The number of halogens is 2. The number of carbonyl (C=O) groups excluding carboxylic acids is 3. The summed E-state index contributed by atoms with van der Waals surface area (Å²) in [4.78, 5) is 39.4. The molecule has 0 bridgehead atoms. The molecule has 0 spiro atoms. The number of furan rings is 1. The molecule has 4 amide bonds. The van der Waals surface area contributed by atoms with Crippen molar-refractivity contribution >= 4 is 68.9 Å². The van der Waals surface area contributed by atoms with Gasteiger partial charge in [-0.2, -0.15) is 0 Å². The third-order valence-corrected chi connectivity index (χ3v) is 6.48. The Hall–Kier alpha value is -2.81. The maximum absolute atomic E-state index is 12.9. The van der Waals surface area contributed by atoms with Crippen LogP contribution in [-0.2, 0) is 9.59 Å². The van der Waals surface area contributed by atoms with Crippen molar-refractivity contribution in [3.63, 3.8) is 0 Å². The van der Waals surface area contributed by atoms with Crippen LogP contribution in [0.4, 0.5) is 10.5 Å². The number of rotatable bonds is 4. The second-order valence-electron chi connectivity index (χ2n) is 6.63. The molecule has 0 atom stereocenters. The molecule has 9 heteroatoms. The van der Waals surface area contributed by atoms with Gasteiger partial charge in [-0.25, -0.2) is 9.69 Å². The Morgan fingerprint density at radius 2 is 1.74 bits per heavy atom. The van der Waals surface area contributed by atoms with Crippen molar-refractivity contribution in [2.75, 3.05) is 4.90 Å². The molecule has 0 aliphatic carbocycles. The number of aryl methyl sites for hydroxylation is 1. The summed E-state index contributed by atoms with van der Waals surface area (Å²) in [6.07, 6.45) is 1.32. The lowest BCUT2D eigenvalue weighted by Crippen LogP contribution is -2.54. The maximum atomic E-state index is 12.9. The zero-order valence-electron chi connectivity index (χ0n) is 16.0. The summed E-state index contributed by atoms with van der Waals surface area (Å²) in [5, 5.41) is 3.21. The third kappa shape index (κ3) is 4.61. The number of imide groups is 2. The summed E-state index contributed by atoms with van der Waals surface area (Å²) in [7, 11) is 0. The molecule has 1 saturated heterocycles. The first-order valence-corrected chi connectivity index (χ1v) is 11.0. The zero-order valence-corrected chi connectivity index (χ0v) is 19.2. The molecule has 156 valence electrons. The first-order chi connectivity index (χ1) is 14.8. The van der Waals surface area contributed by atoms with E-state index >= 15 is 0 Å². The van der Waals surface area contributed by atoms with Crippen LogP contribution < -0.4 is 10.2 Å². The summed E-state index contributed by atoms with van der Waals surface area (Å²) < 4.78 is 6.50. The van der Waals surface area contributed by atoms with E-state index < -0.39 is 17.8 Å². The van der Waals surface area contributed by atoms with Gasteiger partial charge in [-0.1, -0.05) is 41.1 Å². The number of benzene rings is 2. The smallest absolute Gasteiger partial charge is 0.335 e. The average Bonchev–Trinajstić information content (AvgIpc) is 3.07. The van der Waals surface area contributed by atoms with E-state index in [9.17, 15) is 14.4 Å². The molecule has 3 aromatic rings. The summed E-state index contributed by atoms with van der Waals surface area (Å²) in [6, 6.07) is 14.9. The minimum absolute atomic E-state index is 0.220. The molecule has 2 aromatic carbocycles. The Balaban J connectivity index is 1.63. The number of nitrogens with zero attached hydrogens (tertiary/aromatic N) is 1. The van der Waals surface area contributed by atoms with Gasteiger partial charge < -0.3 is 4.42 Å². The molecule has 0 saturated carbocycles. The number of urea groups is 1. The van der Waals surface area contributed by atoms with E-state index in [-0.39, 0.29) is 5.57 Å². The van der Waals surface area contributed by atoms with Crippen LogP contribution in [0.25, 0.3) is 6.08 Å². The Morgan fingerprint density at radius 3 is 2.42 bits per heavy atom. The van der Waals surface area contributed by atoms with Crippen LogP contribution in [0.15, 0.2) is 79.0 Å². The lowest BCUT2D eigenvalue weighted by atomic mass is 10.1. The van der Waals surface area contributed by atoms with Crippen LogP contribution in [0.2, 0.25) is 5.02 Å². The van der Waals surface area contributed by atoms with E-state index in [1.54, 1.807) is 18.2 Å². The number of anilines is 1. The van der Waals surface area contributed by atoms with Gasteiger partial charge in [0.25, 0.3) is 11.8 Å². The number of hydrogen-bond donors (Lipinski definition) is 1. The van der Waals surface area contributed by atoms with E-state index in [1.165, 1.54) is 30.0 Å². The van der Waals surface area contributed by atoms with Crippen LogP contribution in [0.1, 0.15) is 11.3 Å². The van der Waals surface area contributed by atoms with Crippen molar-refractivity contribution in [1.82, 2.24) is 5.32 Å². The molecule has 1 aliphatic rings. The Morgan fingerprint density at radius 1 is 1.06 bits per heavy atom. The highest BCUT2D eigenvalue weighted by Crippen LogP contribution is 2.37. The van der Waals surface area contributed by atoms with Gasteiger partial charge in [-0.05, 0) is 71.4 Å². The molecule has 1 N–H and O–H groups in total. The largest absolute Gasteiger partial charge is 0.449 e. The first kappa shape index (κ1) is 21.4. The Bertz CT molecular complexity index is 1220. The lowest BCUT2D eigenvalue weighted by molar-refractivity contribution is -0.122. The van der Waals surface area contributed by atoms with Gasteiger partial charge in [-0.15, -0.1) is 0 Å². The predicted molar refractivity (Wildman–Crippen MR) is 122 cm³/mol. The molecule has 2 heterocycles. The maximum Gasteiger partial charge on any atom is 0.335 e. The average molecular weight is 518 g/mol. The molecule has 1 aromatic heterocycles. The van der Waals surface area contributed by atoms with Crippen molar-refractivity contribution in [1.29, 1.82) is 0 Å². The summed E-state index contributed by atoms with van der Waals surface area (Å²) >= 11 is 10.7. The lowest BCUT2D eigenvalue weighted by Gasteiger charge is -2.26. The van der Waals surface area contributed by atoms with Gasteiger partial charge in [-0.3, -0.25) is 14.9 Å². The van der Waals surface area contributed by atoms with Crippen molar-refractivity contribution in [3.05, 3.63) is 81.0 Å². The van der Waals surface area contributed by atoms with E-state index in [2.05, 4.69) is 21.2 Å². The first-order valence-electron chi connectivity index (χ1n) is 9.03. The van der Waals surface area contributed by atoms with Gasteiger partial charge in [0.05, 0.1) is 10.2 Å². The summed E-state index contributed by atoms with van der Waals surface area (Å²) in [5.41, 5.74) is 1.22. The molecule has 1 fully saturated rings. The summed E-state index contributed by atoms with van der Waals surface area (Å²) in [5.74, 6) is -1.25. The standard InChI is InChI=1S/C22H14BrClN2O4S/c1-12-2-8-16(9-3-12)31-21-18(23)11-15(30-21)10-17-19(27)25-22(29)26(20(17)28)14-6-4-13(24)5-7-14/h2-11H,1H3,(H,25,27,29). The van der Waals surface area contributed by atoms with Gasteiger partial charge in [0, 0.05) is 9.92 Å². The molecule has 6 nitrogen and oxygen atoms in total. The minimum atomic E-state index is -0.828. The summed E-state index contributed by atoms with van der Waals surface area (Å²) in [6.45, 7) is 2.01. The minimum Gasteiger partial charge on any atom is -0.449 e. The highest BCUT2D eigenvalue weighted by Gasteiger charge is 2.37. The van der Waals surface area contributed by atoms with E-state index in [4.69, 9.17) is 16.0 Å². The molecular formula is C22H14BrClN2O4S. The van der Waals surface area contributed by atoms with Gasteiger partial charge in [0.1, 0.15) is 11.3 Å². The zero-order chi connectivity index (χ0) is 22.1. The van der Waals surface area contributed by atoms with Crippen LogP contribution in [-0.4, -0.2) is 17.8 Å². The van der Waals surface area contributed by atoms with Crippen LogP contribution in [0.5, 0.6) is 0 Å². The molecule has 31 heavy (non-hydrogen) atoms. The molecular weight excluding hydrogens is 504 g/mol. The van der Waals surface area contributed by atoms with Gasteiger partial charge >= 0.3 is 6.03 Å². The Kier molecular flexibility index (Phi) is 6.04. The SMILES string of the molecule is Cc1ccc(Sc2oc(C=C3C(=O)NC(=O)N(c4ccc(Cl)cc4)C3=O)cc2Br)cc1. The van der Waals surface area contributed by atoms with Crippen molar-refractivity contribution in [2.45, 2.75) is 16.9 Å². The van der Waals surface area contributed by atoms with Gasteiger partial charge in [0.2, 0.25) is 0 Å². The van der Waals surface area contributed by atoms with Crippen LogP contribution in [0, 0.1) is 6.92 Å². The van der Waals surface area contributed by atoms with E-state index in [1.807, 2.05) is 31.2 Å². The molecule has 0 unspecified atom stereocenters. The fourth-order valence-electron chi connectivity index (χ4n) is 2.85. The molecule has 4 rings (SSSR count). The fraction of sp³-hybridized carbons (Fsp3) is 0.0455. The predicted octanol–water partition coefficient (Wildman–Crippen LogP) is 5.82. The third-order valence-electron chi connectivity index (χ3n) is 4.38. The molecule has 1 aliphatic heterocycles. The number of amides is 4. The van der Waals surface area contributed by atoms with E-state index in [0.29, 0.717) is 26.0 Å². The number of hydrogen-bond acceptors (Lipinski definition) is 5. The van der Waals surface area contributed by atoms with Crippen molar-refractivity contribution in [3.8, 4) is 0 Å². The number of nitrogens with one attached hydrogen (secondary N) is 1. The van der Waals surface area contributed by atoms with Crippen molar-refractivity contribution in [2.24, 2.45) is 0 Å². The highest BCUT2D eigenvalue weighted by molar-refractivity contribution is 9.10. The topological polar surface area (TPSA) is 79.6 Å². The number of carbonyl (C=O) groups is 3. The van der Waals surface area contributed by atoms with Crippen LogP contribution in [0.3, 0.4) is 0 Å². The van der Waals surface area contributed by atoms with Crippen LogP contribution >= 0.6 is 39.3 Å². The fourth-order valence-corrected chi connectivity index (χ4v) is 4.30. The molecule has 0 radical (unpaired) electrons. The normalized spacial score (nSPS) is 15.5. The second kappa shape index (κ2) is 8.74. The monoisotopic (exact) mass is 516 g/mol. The Labute approximate surface area is 195 Å². The highest BCUT2D eigenvalue weighted by atomic mass is 79.9. The van der Waals surface area contributed by atoms with Gasteiger partial charge in [0.15, 0.2) is 5.09 Å². The quantitative estimate of drug-likeness (QED) is 0.348.